The number of carbonyl (C=O) groups excluding carboxylic acids is 2. The number of hydrogen-bond acceptors (Lipinski definition) is 8. The first-order chi connectivity index (χ1) is 16.7. The van der Waals surface area contributed by atoms with Crippen LogP contribution in [-0.2, 0) is 23.8 Å². The van der Waals surface area contributed by atoms with E-state index < -0.39 is 63.1 Å². The molecular formula is C28H32O8. The second kappa shape index (κ2) is 6.55. The van der Waals surface area contributed by atoms with E-state index in [1.807, 2.05) is 13.0 Å². The van der Waals surface area contributed by atoms with Crippen molar-refractivity contribution in [2.24, 2.45) is 22.7 Å². The lowest BCUT2D eigenvalue weighted by Gasteiger charge is -2.60. The van der Waals surface area contributed by atoms with Gasteiger partial charge in [0.2, 0.25) is 11.6 Å². The lowest BCUT2D eigenvalue weighted by Crippen LogP contribution is -2.73. The maximum atomic E-state index is 14.4. The summed E-state index contributed by atoms with van der Waals surface area (Å²) < 4.78 is 19.2. The van der Waals surface area contributed by atoms with E-state index in [2.05, 4.69) is 0 Å². The highest BCUT2D eigenvalue weighted by molar-refractivity contribution is 6.09. The van der Waals surface area contributed by atoms with Crippen molar-refractivity contribution in [3.63, 3.8) is 0 Å². The van der Waals surface area contributed by atoms with Crippen molar-refractivity contribution in [1.29, 1.82) is 0 Å². The first-order valence-corrected chi connectivity index (χ1v) is 12.4. The second-order valence-electron chi connectivity index (χ2n) is 11.5. The van der Waals surface area contributed by atoms with Gasteiger partial charge in [-0.2, -0.15) is 0 Å². The summed E-state index contributed by atoms with van der Waals surface area (Å²) >= 11 is 0. The van der Waals surface area contributed by atoms with Crippen LogP contribution >= 0.6 is 0 Å². The van der Waals surface area contributed by atoms with Crippen LogP contribution < -0.4 is 0 Å². The molecule has 8 heteroatoms. The molecule has 0 radical (unpaired) electrons. The molecule has 3 aliphatic carbocycles. The van der Waals surface area contributed by atoms with E-state index in [0.717, 1.165) is 0 Å². The maximum Gasteiger partial charge on any atom is 0.210 e. The van der Waals surface area contributed by atoms with Crippen LogP contribution in [0.25, 0.3) is 0 Å². The van der Waals surface area contributed by atoms with Crippen LogP contribution in [0.3, 0.4) is 0 Å². The Labute approximate surface area is 209 Å². The lowest BCUT2D eigenvalue weighted by molar-refractivity contribution is -0.451. The molecule has 8 bridgehead atoms. The maximum absolute atomic E-state index is 14.4. The van der Waals surface area contributed by atoms with Crippen molar-refractivity contribution in [3.05, 3.63) is 59.1 Å². The Balaban J connectivity index is 1.73. The third kappa shape index (κ3) is 2.01. The Morgan fingerprint density at radius 1 is 0.972 bits per heavy atom. The molecule has 0 aromatic carbocycles. The Morgan fingerprint density at radius 2 is 1.58 bits per heavy atom. The summed E-state index contributed by atoms with van der Waals surface area (Å²) in [6.07, 6.45) is 8.87. The molecule has 9 atom stereocenters. The van der Waals surface area contributed by atoms with Crippen LogP contribution in [-0.4, -0.2) is 55.8 Å². The van der Waals surface area contributed by atoms with Gasteiger partial charge in [-0.1, -0.05) is 30.4 Å². The minimum atomic E-state index is -2.11. The fourth-order valence-corrected chi connectivity index (χ4v) is 8.56. The quantitative estimate of drug-likeness (QED) is 0.378. The number of ketones is 2. The normalized spacial score (nSPS) is 50.6. The standard InChI is InChI=1S/C28H32O8/c1-7-9-10-12-16-18-20-24(4)22(34-16)17(15(30)13-14(29)11-8-2)19-23(3,21(18)31)27(32)26(20,6)36-28(24,33)25(19,5)35-27/h7-12,14,19-20,29,32-33H,13H2,1-6H3/b9-7+,11-8+,12-10+. The van der Waals surface area contributed by atoms with Crippen molar-refractivity contribution < 1.29 is 39.1 Å². The minimum Gasteiger partial charge on any atom is -0.460 e. The van der Waals surface area contributed by atoms with Gasteiger partial charge in [-0.05, 0) is 47.6 Å². The van der Waals surface area contributed by atoms with E-state index in [0.29, 0.717) is 5.57 Å². The summed E-state index contributed by atoms with van der Waals surface area (Å²) in [5.41, 5.74) is -5.68. The molecule has 4 fully saturated rings. The van der Waals surface area contributed by atoms with Gasteiger partial charge in [0, 0.05) is 29.4 Å². The molecule has 0 amide bonds. The van der Waals surface area contributed by atoms with E-state index >= 15 is 0 Å². The molecule has 0 spiro atoms. The largest absolute Gasteiger partial charge is 0.460 e. The van der Waals surface area contributed by atoms with Gasteiger partial charge in [-0.25, -0.2) is 0 Å². The van der Waals surface area contributed by atoms with Gasteiger partial charge in [0.25, 0.3) is 0 Å². The van der Waals surface area contributed by atoms with Crippen molar-refractivity contribution in [2.45, 2.75) is 76.8 Å². The Hall–Kier alpha value is -2.36. The summed E-state index contributed by atoms with van der Waals surface area (Å²) in [6.45, 7) is 10.2. The van der Waals surface area contributed by atoms with Gasteiger partial charge in [-0.3, -0.25) is 9.59 Å². The van der Waals surface area contributed by atoms with E-state index in [-0.39, 0.29) is 23.5 Å². The van der Waals surface area contributed by atoms with E-state index in [4.69, 9.17) is 14.2 Å². The molecule has 2 saturated carbocycles. The Morgan fingerprint density at radius 3 is 2.19 bits per heavy atom. The summed E-state index contributed by atoms with van der Waals surface area (Å²) in [5, 5.41) is 35.0. The van der Waals surface area contributed by atoms with Crippen LogP contribution in [0.4, 0.5) is 0 Å². The number of Topliss-reactive ketones (excluding diaryl/α,β-unsaturated/α-hetero) is 2. The monoisotopic (exact) mass is 496 g/mol. The van der Waals surface area contributed by atoms with Gasteiger partial charge in [0.1, 0.15) is 22.7 Å². The number of carbonyl (C=O) groups is 2. The zero-order chi connectivity index (χ0) is 26.3. The highest BCUT2D eigenvalue weighted by Crippen LogP contribution is 2.85. The predicted octanol–water partition coefficient (Wildman–Crippen LogP) is 2.36. The Bertz CT molecular complexity index is 1290. The number of allylic oxidation sites excluding steroid dienone is 5. The topological polar surface area (TPSA) is 123 Å². The predicted molar refractivity (Wildman–Crippen MR) is 127 cm³/mol. The molecule has 36 heavy (non-hydrogen) atoms. The number of rotatable bonds is 6. The average Bonchev–Trinajstić information content (AvgIpc) is 3.10. The van der Waals surface area contributed by atoms with Crippen LogP contribution in [0.2, 0.25) is 0 Å². The van der Waals surface area contributed by atoms with E-state index in [9.17, 15) is 24.9 Å². The zero-order valence-electron chi connectivity index (χ0n) is 21.3. The van der Waals surface area contributed by atoms with Crippen LogP contribution in [0, 0.1) is 22.7 Å². The molecule has 0 aromatic rings. The summed E-state index contributed by atoms with van der Waals surface area (Å²) in [5.74, 6) is -6.36. The highest BCUT2D eigenvalue weighted by Gasteiger charge is 2.99. The van der Waals surface area contributed by atoms with Gasteiger partial charge in [0.15, 0.2) is 11.6 Å². The summed E-state index contributed by atoms with van der Waals surface area (Å²) in [7, 11) is 0. The molecule has 8 nitrogen and oxygen atoms in total. The average molecular weight is 497 g/mol. The SMILES string of the molecule is C/C=C/C=C/C1=C2C(=O)C3(C)C4C(C(=O)CC(O)/C=C/C)=C(O1)C1(C)C2C2(C)OC1(O)C4(C)OC23O. The molecule has 9 unspecified atom stereocenters. The lowest BCUT2D eigenvalue weighted by atomic mass is 9.40. The minimum absolute atomic E-state index is 0.160. The van der Waals surface area contributed by atoms with Gasteiger partial charge in [0.05, 0.1) is 16.9 Å². The van der Waals surface area contributed by atoms with Crippen LogP contribution in [0.15, 0.2) is 59.1 Å². The van der Waals surface area contributed by atoms with Crippen molar-refractivity contribution in [1.82, 2.24) is 0 Å². The first-order valence-electron chi connectivity index (χ1n) is 12.4. The van der Waals surface area contributed by atoms with Crippen LogP contribution in [0.1, 0.15) is 48.0 Å². The third-order valence-corrected chi connectivity index (χ3v) is 9.88. The number of hydrogen-bond donors (Lipinski definition) is 3. The van der Waals surface area contributed by atoms with E-state index in [1.165, 1.54) is 6.08 Å². The van der Waals surface area contributed by atoms with Crippen molar-refractivity contribution in [3.8, 4) is 0 Å². The number of ether oxygens (including phenoxy) is 3. The van der Waals surface area contributed by atoms with Gasteiger partial charge < -0.3 is 29.5 Å². The summed E-state index contributed by atoms with van der Waals surface area (Å²) in [6, 6.07) is 0. The fraction of sp³-hybridized carbons (Fsp3) is 0.571. The molecule has 6 rings (SSSR count). The molecule has 192 valence electrons. The highest BCUT2D eigenvalue weighted by atomic mass is 16.8. The number of aliphatic hydroxyl groups is 3. The molecule has 3 heterocycles. The number of aliphatic hydroxyl groups excluding tert-OH is 1. The second-order valence-corrected chi connectivity index (χ2v) is 11.5. The third-order valence-electron chi connectivity index (χ3n) is 9.88. The van der Waals surface area contributed by atoms with E-state index in [1.54, 1.807) is 58.9 Å². The van der Waals surface area contributed by atoms with Gasteiger partial charge >= 0.3 is 0 Å². The smallest absolute Gasteiger partial charge is 0.210 e. The zero-order valence-corrected chi connectivity index (χ0v) is 21.3. The molecule has 0 aromatic heterocycles. The molecular weight excluding hydrogens is 464 g/mol. The summed E-state index contributed by atoms with van der Waals surface area (Å²) in [4.78, 5) is 28.4. The molecule has 3 N–H and O–H groups in total. The van der Waals surface area contributed by atoms with Crippen molar-refractivity contribution in [2.75, 3.05) is 0 Å². The fourth-order valence-electron chi connectivity index (χ4n) is 8.56. The Kier molecular flexibility index (Phi) is 4.37. The van der Waals surface area contributed by atoms with Gasteiger partial charge in [-0.15, -0.1) is 0 Å². The first kappa shape index (κ1) is 24.0. The molecule has 2 saturated heterocycles. The molecule has 3 aliphatic heterocycles. The molecule has 6 aliphatic rings. The van der Waals surface area contributed by atoms with Crippen LogP contribution in [0.5, 0.6) is 0 Å². The van der Waals surface area contributed by atoms with Crippen molar-refractivity contribution >= 4 is 11.6 Å².